The molecule has 5 rings (SSSR count). The van der Waals surface area contributed by atoms with Gasteiger partial charge in [0.2, 0.25) is 0 Å². The van der Waals surface area contributed by atoms with Crippen molar-refractivity contribution in [3.8, 4) is 5.75 Å². The standard InChI is InChI=1S/C22H22N6O3/c1-26-19-9-8-17(31-14-27-10-2-3-11-27)12-18(19)21-20(26)13-23-25-22(21)24-15-4-6-16(7-5-15)28(29)30/h4-9,12-13H,2-3,10-11,14H2,1H3,(H,24,25). The minimum Gasteiger partial charge on any atom is -0.478 e. The summed E-state index contributed by atoms with van der Waals surface area (Å²) in [6.45, 7) is 2.74. The highest BCUT2D eigenvalue weighted by molar-refractivity contribution is 6.13. The SMILES string of the molecule is Cn1c2ccc(OCN3CCCC3)cc2c2c(Nc3ccc([N+](=O)[O-])cc3)nncc21. The van der Waals surface area contributed by atoms with E-state index >= 15 is 0 Å². The van der Waals surface area contributed by atoms with Crippen LogP contribution in [0.2, 0.25) is 0 Å². The molecule has 31 heavy (non-hydrogen) atoms. The summed E-state index contributed by atoms with van der Waals surface area (Å²) in [6, 6.07) is 12.3. The Bertz CT molecular complexity index is 1260. The predicted molar refractivity (Wildman–Crippen MR) is 119 cm³/mol. The van der Waals surface area contributed by atoms with Crippen molar-refractivity contribution in [3.05, 3.63) is 58.8 Å². The lowest BCUT2D eigenvalue weighted by Crippen LogP contribution is -2.24. The van der Waals surface area contributed by atoms with Gasteiger partial charge in [0, 0.05) is 48.9 Å². The number of aromatic nitrogens is 3. The highest BCUT2D eigenvalue weighted by Gasteiger charge is 2.16. The van der Waals surface area contributed by atoms with Gasteiger partial charge >= 0.3 is 0 Å². The van der Waals surface area contributed by atoms with Crippen molar-refractivity contribution in [1.29, 1.82) is 0 Å². The summed E-state index contributed by atoms with van der Waals surface area (Å²) in [4.78, 5) is 12.8. The zero-order chi connectivity index (χ0) is 21.4. The number of fused-ring (bicyclic) bond motifs is 3. The Morgan fingerprint density at radius 1 is 1.13 bits per heavy atom. The van der Waals surface area contributed by atoms with Crippen LogP contribution in [0.3, 0.4) is 0 Å². The van der Waals surface area contributed by atoms with Gasteiger partial charge in [-0.3, -0.25) is 15.0 Å². The first kappa shape index (κ1) is 19.3. The van der Waals surface area contributed by atoms with Crippen molar-refractivity contribution in [2.45, 2.75) is 12.8 Å². The maximum absolute atomic E-state index is 10.9. The van der Waals surface area contributed by atoms with Crippen LogP contribution in [0.5, 0.6) is 5.75 Å². The minimum atomic E-state index is -0.418. The van der Waals surface area contributed by atoms with Crippen LogP contribution in [0.15, 0.2) is 48.7 Å². The molecule has 0 atom stereocenters. The number of nitrogens with one attached hydrogen (secondary N) is 1. The Morgan fingerprint density at radius 3 is 2.65 bits per heavy atom. The number of likely N-dealkylation sites (tertiary alicyclic amines) is 1. The molecule has 1 fully saturated rings. The van der Waals surface area contributed by atoms with Gasteiger partial charge in [-0.25, -0.2) is 0 Å². The number of aryl methyl sites for hydroxylation is 1. The molecule has 0 amide bonds. The minimum absolute atomic E-state index is 0.0415. The van der Waals surface area contributed by atoms with Gasteiger partial charge in [0.15, 0.2) is 5.82 Å². The van der Waals surface area contributed by atoms with E-state index in [-0.39, 0.29) is 5.69 Å². The average molecular weight is 418 g/mol. The number of nitro groups is 1. The van der Waals surface area contributed by atoms with E-state index in [1.165, 1.54) is 25.0 Å². The quantitative estimate of drug-likeness (QED) is 0.370. The molecule has 158 valence electrons. The van der Waals surface area contributed by atoms with E-state index in [0.717, 1.165) is 40.6 Å². The van der Waals surface area contributed by atoms with E-state index in [0.29, 0.717) is 18.2 Å². The Hall–Kier alpha value is -3.72. The molecule has 9 nitrogen and oxygen atoms in total. The molecule has 0 bridgehead atoms. The first-order chi connectivity index (χ1) is 15.1. The highest BCUT2D eigenvalue weighted by Crippen LogP contribution is 2.35. The third kappa shape index (κ3) is 3.64. The number of anilines is 2. The number of ether oxygens (including phenoxy) is 1. The monoisotopic (exact) mass is 418 g/mol. The molecule has 1 N–H and O–H groups in total. The Kier molecular flexibility index (Phi) is 4.87. The largest absolute Gasteiger partial charge is 0.478 e. The van der Waals surface area contributed by atoms with Gasteiger partial charge in [0.1, 0.15) is 12.5 Å². The van der Waals surface area contributed by atoms with Crippen molar-refractivity contribution in [2.24, 2.45) is 7.05 Å². The lowest BCUT2D eigenvalue weighted by atomic mass is 10.2. The van der Waals surface area contributed by atoms with Crippen LogP contribution in [-0.2, 0) is 7.05 Å². The first-order valence-electron chi connectivity index (χ1n) is 10.2. The van der Waals surface area contributed by atoms with Crippen LogP contribution in [-0.4, -0.2) is 44.4 Å². The molecular weight excluding hydrogens is 396 g/mol. The van der Waals surface area contributed by atoms with Crippen LogP contribution in [0.1, 0.15) is 12.8 Å². The van der Waals surface area contributed by atoms with Crippen LogP contribution in [0, 0.1) is 10.1 Å². The third-order valence-electron chi connectivity index (χ3n) is 5.74. The number of hydrogen-bond donors (Lipinski definition) is 1. The predicted octanol–water partition coefficient (Wildman–Crippen LogP) is 4.21. The Balaban J connectivity index is 1.51. The van der Waals surface area contributed by atoms with E-state index in [2.05, 4.69) is 25.0 Å². The normalized spacial score (nSPS) is 14.4. The number of non-ortho nitro benzene ring substituents is 1. The van der Waals surface area contributed by atoms with E-state index in [4.69, 9.17) is 4.74 Å². The van der Waals surface area contributed by atoms with Crippen molar-refractivity contribution >= 4 is 39.0 Å². The molecule has 4 aromatic rings. The zero-order valence-corrected chi connectivity index (χ0v) is 17.1. The number of nitro benzene ring substituents is 1. The van der Waals surface area contributed by atoms with Crippen molar-refractivity contribution in [1.82, 2.24) is 19.7 Å². The highest BCUT2D eigenvalue weighted by atomic mass is 16.6. The molecule has 1 saturated heterocycles. The second-order valence-corrected chi connectivity index (χ2v) is 7.72. The summed E-state index contributed by atoms with van der Waals surface area (Å²) in [5, 5.41) is 24.6. The van der Waals surface area contributed by atoms with Gasteiger partial charge in [-0.15, -0.1) is 5.10 Å². The molecule has 2 aromatic carbocycles. The summed E-state index contributed by atoms with van der Waals surface area (Å²) in [6.07, 6.45) is 4.19. The molecule has 2 aromatic heterocycles. The smallest absolute Gasteiger partial charge is 0.269 e. The molecule has 1 aliphatic heterocycles. The molecule has 3 heterocycles. The fourth-order valence-electron chi connectivity index (χ4n) is 4.09. The molecular formula is C22H22N6O3. The molecule has 0 aliphatic carbocycles. The number of benzene rings is 2. The molecule has 0 radical (unpaired) electrons. The number of nitrogens with zero attached hydrogens (tertiary/aromatic N) is 5. The molecule has 9 heteroatoms. The van der Waals surface area contributed by atoms with E-state index in [1.807, 2.05) is 25.2 Å². The fraction of sp³-hybridized carbons (Fsp3) is 0.273. The molecule has 0 unspecified atom stereocenters. The molecule has 1 aliphatic rings. The van der Waals surface area contributed by atoms with Crippen LogP contribution in [0.4, 0.5) is 17.2 Å². The maximum Gasteiger partial charge on any atom is 0.269 e. The van der Waals surface area contributed by atoms with Gasteiger partial charge in [0.25, 0.3) is 5.69 Å². The second-order valence-electron chi connectivity index (χ2n) is 7.72. The Labute approximate surface area is 178 Å². The summed E-state index contributed by atoms with van der Waals surface area (Å²) in [5.74, 6) is 1.40. The lowest BCUT2D eigenvalue weighted by Gasteiger charge is -2.15. The first-order valence-corrected chi connectivity index (χ1v) is 10.2. The van der Waals surface area contributed by atoms with Crippen LogP contribution >= 0.6 is 0 Å². The van der Waals surface area contributed by atoms with Crippen LogP contribution in [0.25, 0.3) is 21.8 Å². The van der Waals surface area contributed by atoms with E-state index < -0.39 is 4.92 Å². The summed E-state index contributed by atoms with van der Waals surface area (Å²) < 4.78 is 8.12. The summed E-state index contributed by atoms with van der Waals surface area (Å²) >= 11 is 0. The van der Waals surface area contributed by atoms with E-state index in [1.54, 1.807) is 18.3 Å². The maximum atomic E-state index is 10.9. The average Bonchev–Trinajstić information content (AvgIpc) is 3.40. The lowest BCUT2D eigenvalue weighted by molar-refractivity contribution is -0.384. The van der Waals surface area contributed by atoms with E-state index in [9.17, 15) is 10.1 Å². The van der Waals surface area contributed by atoms with Gasteiger partial charge in [0.05, 0.1) is 22.0 Å². The second kappa shape index (κ2) is 7.84. The van der Waals surface area contributed by atoms with Crippen molar-refractivity contribution in [3.63, 3.8) is 0 Å². The third-order valence-corrected chi connectivity index (χ3v) is 5.74. The fourth-order valence-corrected chi connectivity index (χ4v) is 4.09. The van der Waals surface area contributed by atoms with Gasteiger partial charge < -0.3 is 14.6 Å². The number of hydrogen-bond acceptors (Lipinski definition) is 7. The molecule has 0 saturated carbocycles. The van der Waals surface area contributed by atoms with Gasteiger partial charge in [-0.1, -0.05) is 0 Å². The van der Waals surface area contributed by atoms with Gasteiger partial charge in [-0.05, 0) is 43.2 Å². The topological polar surface area (TPSA) is 98.3 Å². The molecule has 0 spiro atoms. The Morgan fingerprint density at radius 2 is 1.90 bits per heavy atom. The zero-order valence-electron chi connectivity index (χ0n) is 17.1. The van der Waals surface area contributed by atoms with Gasteiger partial charge in [-0.2, -0.15) is 5.10 Å². The van der Waals surface area contributed by atoms with Crippen LogP contribution < -0.4 is 10.1 Å². The summed E-state index contributed by atoms with van der Waals surface area (Å²) in [7, 11) is 1.99. The number of rotatable bonds is 6. The van der Waals surface area contributed by atoms with Crippen molar-refractivity contribution < 1.29 is 9.66 Å². The summed E-state index contributed by atoms with van der Waals surface area (Å²) in [5.41, 5.74) is 2.72. The van der Waals surface area contributed by atoms with Crippen molar-refractivity contribution in [2.75, 3.05) is 25.1 Å².